The Morgan fingerprint density at radius 1 is 1.03 bits per heavy atom. The van der Waals surface area contributed by atoms with Gasteiger partial charge in [-0.3, -0.25) is 4.79 Å². The van der Waals surface area contributed by atoms with Crippen LogP contribution < -0.4 is 4.90 Å². The van der Waals surface area contributed by atoms with Gasteiger partial charge < -0.3 is 14.2 Å². The van der Waals surface area contributed by atoms with E-state index in [9.17, 15) is 9.59 Å². The van der Waals surface area contributed by atoms with Crippen LogP contribution in [0.25, 0.3) is 11.3 Å². The second-order valence-electron chi connectivity index (χ2n) is 7.63. The fourth-order valence-corrected chi connectivity index (χ4v) is 4.05. The van der Waals surface area contributed by atoms with Gasteiger partial charge in [-0.05, 0) is 50.5 Å². The molecule has 3 aromatic rings. The van der Waals surface area contributed by atoms with Crippen LogP contribution in [0, 0.1) is 13.8 Å². The molecule has 1 amide bonds. The van der Waals surface area contributed by atoms with Gasteiger partial charge in [0.05, 0.1) is 12.2 Å². The zero-order chi connectivity index (χ0) is 21.3. The van der Waals surface area contributed by atoms with Crippen LogP contribution in [0.2, 0.25) is 0 Å². The van der Waals surface area contributed by atoms with Crippen molar-refractivity contribution in [1.29, 1.82) is 0 Å². The summed E-state index contributed by atoms with van der Waals surface area (Å²) < 4.78 is 7.17. The maximum absolute atomic E-state index is 13.3. The van der Waals surface area contributed by atoms with Crippen LogP contribution in [-0.4, -0.2) is 29.6 Å². The van der Waals surface area contributed by atoms with Crippen molar-refractivity contribution in [3.05, 3.63) is 77.0 Å². The summed E-state index contributed by atoms with van der Waals surface area (Å²) in [5.74, 6) is -0.344. The minimum Gasteiger partial charge on any atom is -0.462 e. The van der Waals surface area contributed by atoms with Crippen molar-refractivity contribution in [3.8, 4) is 11.3 Å². The molecule has 0 atom stereocenters. The lowest BCUT2D eigenvalue weighted by Gasteiger charge is -2.20. The molecule has 154 valence electrons. The molecule has 5 nitrogen and oxygen atoms in total. The molecular weight excluding hydrogens is 376 g/mol. The van der Waals surface area contributed by atoms with Gasteiger partial charge in [0.2, 0.25) is 5.91 Å². The predicted octanol–water partition coefficient (Wildman–Crippen LogP) is 4.54. The van der Waals surface area contributed by atoms with E-state index in [2.05, 4.69) is 6.07 Å². The van der Waals surface area contributed by atoms with E-state index >= 15 is 0 Å². The number of fused-ring (bicyclic) bond motifs is 1. The number of amides is 1. The van der Waals surface area contributed by atoms with Crippen LogP contribution in [0.15, 0.2) is 54.6 Å². The summed E-state index contributed by atoms with van der Waals surface area (Å²) in [7, 11) is 0. The minimum absolute atomic E-state index is 0.0161. The van der Waals surface area contributed by atoms with E-state index in [0.29, 0.717) is 18.7 Å². The minimum atomic E-state index is -0.360. The number of benzene rings is 2. The number of nitrogens with zero attached hydrogens (tertiary/aromatic N) is 2. The van der Waals surface area contributed by atoms with E-state index in [1.807, 2.05) is 71.8 Å². The normalized spacial score (nSPS) is 12.7. The number of para-hydroxylation sites is 1. The Morgan fingerprint density at radius 3 is 2.50 bits per heavy atom. The van der Waals surface area contributed by atoms with E-state index < -0.39 is 0 Å². The molecule has 1 aliphatic heterocycles. The highest BCUT2D eigenvalue weighted by molar-refractivity contribution is 5.97. The van der Waals surface area contributed by atoms with Gasteiger partial charge in [-0.25, -0.2) is 4.79 Å². The summed E-state index contributed by atoms with van der Waals surface area (Å²) in [6.07, 6.45) is 0.867. The maximum atomic E-state index is 13.3. The molecule has 0 fully saturated rings. The first-order valence-electron chi connectivity index (χ1n) is 10.3. The summed E-state index contributed by atoms with van der Waals surface area (Å²) in [5, 5.41) is 0. The van der Waals surface area contributed by atoms with E-state index in [1.54, 1.807) is 6.92 Å². The van der Waals surface area contributed by atoms with Crippen molar-refractivity contribution in [1.82, 2.24) is 4.57 Å². The van der Waals surface area contributed by atoms with Crippen LogP contribution in [-0.2, 0) is 22.5 Å². The van der Waals surface area contributed by atoms with Crippen molar-refractivity contribution in [2.45, 2.75) is 33.7 Å². The van der Waals surface area contributed by atoms with Crippen LogP contribution in [0.4, 0.5) is 5.69 Å². The van der Waals surface area contributed by atoms with Crippen molar-refractivity contribution in [2.24, 2.45) is 0 Å². The zero-order valence-electron chi connectivity index (χ0n) is 17.6. The summed E-state index contributed by atoms with van der Waals surface area (Å²) in [4.78, 5) is 27.6. The van der Waals surface area contributed by atoms with Gasteiger partial charge >= 0.3 is 5.97 Å². The van der Waals surface area contributed by atoms with Crippen molar-refractivity contribution < 1.29 is 14.3 Å². The number of esters is 1. The smallest absolute Gasteiger partial charge is 0.339 e. The fraction of sp³-hybridized carbons (Fsp3) is 0.280. The maximum Gasteiger partial charge on any atom is 0.339 e. The number of anilines is 1. The number of carbonyl (C=O) groups excluding carboxylic acids is 2. The lowest BCUT2D eigenvalue weighted by Crippen LogP contribution is -2.32. The number of rotatable bonds is 5. The van der Waals surface area contributed by atoms with Crippen LogP contribution >= 0.6 is 0 Å². The first-order chi connectivity index (χ1) is 14.5. The van der Waals surface area contributed by atoms with Gasteiger partial charge in [-0.1, -0.05) is 48.0 Å². The van der Waals surface area contributed by atoms with E-state index in [-0.39, 0.29) is 18.4 Å². The molecule has 0 aliphatic carbocycles. The number of carbonyl (C=O) groups is 2. The van der Waals surface area contributed by atoms with Crippen molar-refractivity contribution >= 4 is 17.6 Å². The van der Waals surface area contributed by atoms with Gasteiger partial charge in [-0.2, -0.15) is 0 Å². The second-order valence-corrected chi connectivity index (χ2v) is 7.63. The number of aromatic nitrogens is 1. The molecule has 2 heterocycles. The third-order valence-corrected chi connectivity index (χ3v) is 5.69. The van der Waals surface area contributed by atoms with E-state index in [0.717, 1.165) is 34.6 Å². The third kappa shape index (κ3) is 3.63. The monoisotopic (exact) mass is 402 g/mol. The number of hydrogen-bond acceptors (Lipinski definition) is 3. The largest absolute Gasteiger partial charge is 0.462 e. The molecule has 0 radical (unpaired) electrons. The SMILES string of the molecule is CCOC(=O)c1cc(-c2ccc(C)cc2)n(CC(=O)N2CCc3ccccc32)c1C. The van der Waals surface area contributed by atoms with Gasteiger partial charge in [0.25, 0.3) is 0 Å². The number of hydrogen-bond donors (Lipinski definition) is 0. The summed E-state index contributed by atoms with van der Waals surface area (Å²) in [5.41, 5.74) is 6.39. The highest BCUT2D eigenvalue weighted by atomic mass is 16.5. The summed E-state index contributed by atoms with van der Waals surface area (Å²) in [6, 6.07) is 18.0. The van der Waals surface area contributed by atoms with Crippen LogP contribution in [0.5, 0.6) is 0 Å². The molecule has 0 unspecified atom stereocenters. The molecule has 2 aromatic carbocycles. The molecule has 0 saturated heterocycles. The van der Waals surface area contributed by atoms with Gasteiger partial charge in [-0.15, -0.1) is 0 Å². The Balaban J connectivity index is 1.71. The van der Waals surface area contributed by atoms with Crippen molar-refractivity contribution in [2.75, 3.05) is 18.1 Å². The zero-order valence-corrected chi connectivity index (χ0v) is 17.6. The molecular formula is C25H26N2O3. The number of aryl methyl sites for hydroxylation is 1. The lowest BCUT2D eigenvalue weighted by atomic mass is 10.1. The summed E-state index contributed by atoms with van der Waals surface area (Å²) >= 11 is 0. The number of ether oxygens (including phenoxy) is 1. The predicted molar refractivity (Wildman–Crippen MR) is 118 cm³/mol. The Hall–Kier alpha value is -3.34. The Bertz CT molecular complexity index is 1100. The third-order valence-electron chi connectivity index (χ3n) is 5.69. The molecule has 5 heteroatoms. The lowest BCUT2D eigenvalue weighted by molar-refractivity contribution is -0.119. The molecule has 1 aromatic heterocycles. The first kappa shape index (κ1) is 20.0. The molecule has 30 heavy (non-hydrogen) atoms. The molecule has 0 bridgehead atoms. The van der Waals surface area contributed by atoms with E-state index in [1.165, 1.54) is 5.56 Å². The molecule has 0 saturated carbocycles. The highest BCUT2D eigenvalue weighted by Gasteiger charge is 2.27. The summed E-state index contributed by atoms with van der Waals surface area (Å²) in [6.45, 7) is 6.86. The molecule has 1 aliphatic rings. The fourth-order valence-electron chi connectivity index (χ4n) is 4.05. The average molecular weight is 402 g/mol. The quantitative estimate of drug-likeness (QED) is 0.589. The Morgan fingerprint density at radius 2 is 1.77 bits per heavy atom. The highest BCUT2D eigenvalue weighted by Crippen LogP contribution is 2.30. The standard InChI is InChI=1S/C25H26N2O3/c1-4-30-25(29)21-15-23(20-11-9-17(2)10-12-20)27(18(21)3)16-24(28)26-14-13-19-7-5-6-8-22(19)26/h5-12,15H,4,13-14,16H2,1-3H3. The van der Waals surface area contributed by atoms with Gasteiger partial charge in [0, 0.05) is 23.6 Å². The Kier molecular flexibility index (Phi) is 5.44. The molecule has 0 spiro atoms. The molecule has 4 rings (SSSR count). The average Bonchev–Trinajstić information content (AvgIpc) is 3.31. The second kappa shape index (κ2) is 8.19. The van der Waals surface area contributed by atoms with Crippen LogP contribution in [0.3, 0.4) is 0 Å². The Labute approximate surface area is 176 Å². The van der Waals surface area contributed by atoms with Gasteiger partial charge in [0.15, 0.2) is 0 Å². The van der Waals surface area contributed by atoms with Gasteiger partial charge in [0.1, 0.15) is 6.54 Å². The van der Waals surface area contributed by atoms with E-state index in [4.69, 9.17) is 4.74 Å². The first-order valence-corrected chi connectivity index (χ1v) is 10.3. The molecule has 0 N–H and O–H groups in total. The van der Waals surface area contributed by atoms with Crippen molar-refractivity contribution in [3.63, 3.8) is 0 Å². The van der Waals surface area contributed by atoms with Crippen LogP contribution in [0.1, 0.15) is 34.1 Å². The topological polar surface area (TPSA) is 51.5 Å².